The Kier molecular flexibility index (Phi) is 5.78. The minimum Gasteiger partial charge on any atom is -0.328 e. The third kappa shape index (κ3) is 7.29. The van der Waals surface area contributed by atoms with Crippen molar-refractivity contribution >= 4 is 5.91 Å². The van der Waals surface area contributed by atoms with Crippen LogP contribution in [0.15, 0.2) is 0 Å². The van der Waals surface area contributed by atoms with Crippen LogP contribution in [0.2, 0.25) is 0 Å². The number of nitrogens with two attached hydrogens (primary N) is 1. The molecule has 4 nitrogen and oxygen atoms in total. The van der Waals surface area contributed by atoms with Gasteiger partial charge in [-0.15, -0.1) is 0 Å². The second kappa shape index (κ2) is 6.12. The zero-order chi connectivity index (χ0) is 8.69. The number of hydrogen-bond donors (Lipinski definition) is 2. The lowest BCUT2D eigenvalue weighted by Gasteiger charge is -2.03. The van der Waals surface area contributed by atoms with Crippen molar-refractivity contribution in [2.24, 2.45) is 5.73 Å². The molecule has 1 atom stereocenters. The molecule has 66 valence electrons. The Balaban J connectivity index is 3.17. The van der Waals surface area contributed by atoms with Crippen LogP contribution >= 0.6 is 0 Å². The Morgan fingerprint density at radius 1 is 1.73 bits per heavy atom. The molecule has 0 aliphatic rings. The standard InChI is InChI=1S/C7H16N2O2/c1-6(8)4-3-5-7(10)9-11-2/h6H,3-5,8H2,1-2H3,(H,9,10). The maximum absolute atomic E-state index is 10.7. The van der Waals surface area contributed by atoms with Crippen LogP contribution in [0, 0.1) is 0 Å². The van der Waals surface area contributed by atoms with Crippen molar-refractivity contribution in [3.05, 3.63) is 0 Å². The fraction of sp³-hybridized carbons (Fsp3) is 0.857. The summed E-state index contributed by atoms with van der Waals surface area (Å²) in [6.45, 7) is 1.92. The minimum atomic E-state index is -0.0897. The number of hydroxylamine groups is 1. The van der Waals surface area contributed by atoms with E-state index in [1.165, 1.54) is 7.11 Å². The average molecular weight is 160 g/mol. The average Bonchev–Trinajstić information content (AvgIpc) is 1.87. The molecule has 0 radical (unpaired) electrons. The highest BCUT2D eigenvalue weighted by Gasteiger charge is 2.00. The smallest absolute Gasteiger partial charge is 0.243 e. The SMILES string of the molecule is CONC(=O)CCCC(C)N. The monoisotopic (exact) mass is 160 g/mol. The van der Waals surface area contributed by atoms with Gasteiger partial charge in [-0.3, -0.25) is 9.63 Å². The molecule has 0 aromatic carbocycles. The van der Waals surface area contributed by atoms with Crippen LogP contribution in [0.1, 0.15) is 26.2 Å². The lowest BCUT2D eigenvalue weighted by molar-refractivity contribution is -0.131. The van der Waals surface area contributed by atoms with E-state index in [0.29, 0.717) is 6.42 Å². The summed E-state index contributed by atoms with van der Waals surface area (Å²) in [6, 6.07) is 0.172. The maximum atomic E-state index is 10.7. The van der Waals surface area contributed by atoms with Gasteiger partial charge in [-0.25, -0.2) is 5.48 Å². The molecule has 1 amide bonds. The van der Waals surface area contributed by atoms with Gasteiger partial charge in [0.05, 0.1) is 7.11 Å². The number of amides is 1. The van der Waals surface area contributed by atoms with E-state index < -0.39 is 0 Å². The highest BCUT2D eigenvalue weighted by molar-refractivity contribution is 5.74. The minimum absolute atomic E-state index is 0.0897. The van der Waals surface area contributed by atoms with E-state index in [4.69, 9.17) is 5.73 Å². The fourth-order valence-corrected chi connectivity index (χ4v) is 0.749. The van der Waals surface area contributed by atoms with Gasteiger partial charge in [0.1, 0.15) is 0 Å². The fourth-order valence-electron chi connectivity index (χ4n) is 0.749. The number of hydrogen-bond acceptors (Lipinski definition) is 3. The molecule has 0 rings (SSSR count). The predicted octanol–water partition coefficient (Wildman–Crippen LogP) is 0.181. The Bertz CT molecular complexity index is 115. The van der Waals surface area contributed by atoms with Crippen molar-refractivity contribution in [1.82, 2.24) is 5.48 Å². The normalized spacial score (nSPS) is 12.6. The zero-order valence-corrected chi connectivity index (χ0v) is 7.09. The summed E-state index contributed by atoms with van der Waals surface area (Å²) in [7, 11) is 1.42. The van der Waals surface area contributed by atoms with Gasteiger partial charge in [-0.2, -0.15) is 0 Å². The first kappa shape index (κ1) is 10.4. The molecule has 0 saturated carbocycles. The maximum Gasteiger partial charge on any atom is 0.243 e. The molecule has 0 aliphatic heterocycles. The lowest BCUT2D eigenvalue weighted by atomic mass is 10.1. The molecule has 0 aromatic rings. The molecule has 0 heterocycles. The van der Waals surface area contributed by atoms with Crippen molar-refractivity contribution in [1.29, 1.82) is 0 Å². The van der Waals surface area contributed by atoms with Gasteiger partial charge >= 0.3 is 0 Å². The molecule has 0 aromatic heterocycles. The van der Waals surface area contributed by atoms with Crippen LogP contribution in [-0.4, -0.2) is 19.1 Å². The third-order valence-electron chi connectivity index (χ3n) is 1.28. The molecule has 1 unspecified atom stereocenters. The van der Waals surface area contributed by atoms with Crippen LogP contribution in [0.25, 0.3) is 0 Å². The van der Waals surface area contributed by atoms with Crippen LogP contribution in [0.4, 0.5) is 0 Å². The first-order valence-corrected chi connectivity index (χ1v) is 3.74. The van der Waals surface area contributed by atoms with Crippen LogP contribution in [0.5, 0.6) is 0 Å². The summed E-state index contributed by atoms with van der Waals surface area (Å²) in [5.41, 5.74) is 7.73. The van der Waals surface area contributed by atoms with E-state index in [1.54, 1.807) is 0 Å². The molecule has 0 saturated heterocycles. The molecule has 11 heavy (non-hydrogen) atoms. The van der Waals surface area contributed by atoms with Gasteiger partial charge in [0.15, 0.2) is 0 Å². The van der Waals surface area contributed by atoms with E-state index in [1.807, 2.05) is 6.92 Å². The van der Waals surface area contributed by atoms with Crippen molar-refractivity contribution < 1.29 is 9.63 Å². The third-order valence-corrected chi connectivity index (χ3v) is 1.28. The second-order valence-corrected chi connectivity index (χ2v) is 2.60. The zero-order valence-electron chi connectivity index (χ0n) is 7.09. The van der Waals surface area contributed by atoms with Crippen LogP contribution in [-0.2, 0) is 9.63 Å². The summed E-state index contributed by atoms with van der Waals surface area (Å²) in [5, 5.41) is 0. The second-order valence-electron chi connectivity index (χ2n) is 2.60. The topological polar surface area (TPSA) is 64.3 Å². The molecular formula is C7H16N2O2. The van der Waals surface area contributed by atoms with E-state index >= 15 is 0 Å². The number of carbonyl (C=O) groups excluding carboxylic acids is 1. The predicted molar refractivity (Wildman–Crippen MR) is 42.7 cm³/mol. The lowest BCUT2D eigenvalue weighted by Crippen LogP contribution is -2.22. The van der Waals surface area contributed by atoms with E-state index in [-0.39, 0.29) is 11.9 Å². The van der Waals surface area contributed by atoms with Crippen LogP contribution < -0.4 is 11.2 Å². The van der Waals surface area contributed by atoms with Gasteiger partial charge in [-0.05, 0) is 19.8 Å². The number of rotatable bonds is 5. The van der Waals surface area contributed by atoms with Crippen molar-refractivity contribution in [3.63, 3.8) is 0 Å². The highest BCUT2D eigenvalue weighted by Crippen LogP contribution is 1.97. The van der Waals surface area contributed by atoms with Crippen molar-refractivity contribution in [3.8, 4) is 0 Å². The van der Waals surface area contributed by atoms with E-state index in [9.17, 15) is 4.79 Å². The molecule has 0 fully saturated rings. The Morgan fingerprint density at radius 3 is 2.82 bits per heavy atom. The summed E-state index contributed by atoms with van der Waals surface area (Å²) in [6.07, 6.45) is 2.17. The first-order valence-electron chi connectivity index (χ1n) is 3.74. The molecule has 4 heteroatoms. The van der Waals surface area contributed by atoms with Gasteiger partial charge in [0, 0.05) is 12.5 Å². The summed E-state index contributed by atoms with van der Waals surface area (Å²) in [5.74, 6) is -0.0897. The molecular weight excluding hydrogens is 144 g/mol. The summed E-state index contributed by atoms with van der Waals surface area (Å²) in [4.78, 5) is 15.2. The first-order chi connectivity index (χ1) is 5.16. The number of carbonyl (C=O) groups is 1. The molecule has 0 bridgehead atoms. The summed E-state index contributed by atoms with van der Waals surface area (Å²) < 4.78 is 0. The van der Waals surface area contributed by atoms with Crippen molar-refractivity contribution in [2.75, 3.05) is 7.11 Å². The Labute approximate surface area is 67.0 Å². The highest BCUT2D eigenvalue weighted by atomic mass is 16.6. The van der Waals surface area contributed by atoms with Crippen molar-refractivity contribution in [2.45, 2.75) is 32.2 Å². The van der Waals surface area contributed by atoms with Gasteiger partial charge in [-0.1, -0.05) is 0 Å². The van der Waals surface area contributed by atoms with Gasteiger partial charge < -0.3 is 5.73 Å². The quantitative estimate of drug-likeness (QED) is 0.564. The largest absolute Gasteiger partial charge is 0.328 e. The van der Waals surface area contributed by atoms with E-state index in [0.717, 1.165) is 12.8 Å². The van der Waals surface area contributed by atoms with Crippen LogP contribution in [0.3, 0.4) is 0 Å². The molecule has 0 aliphatic carbocycles. The number of nitrogens with one attached hydrogen (secondary N) is 1. The Hall–Kier alpha value is -0.610. The Morgan fingerprint density at radius 2 is 2.36 bits per heavy atom. The van der Waals surface area contributed by atoms with E-state index in [2.05, 4.69) is 10.3 Å². The summed E-state index contributed by atoms with van der Waals surface area (Å²) >= 11 is 0. The molecule has 3 N–H and O–H groups in total. The van der Waals surface area contributed by atoms with Gasteiger partial charge in [0.2, 0.25) is 5.91 Å². The van der Waals surface area contributed by atoms with Gasteiger partial charge in [0.25, 0.3) is 0 Å². The molecule has 0 spiro atoms.